The normalized spacial score (nSPS) is 21.9. The van der Waals surface area contributed by atoms with Gasteiger partial charge < -0.3 is 9.47 Å². The Labute approximate surface area is 79.5 Å². The van der Waals surface area contributed by atoms with Crippen LogP contribution in [0.25, 0.3) is 11.2 Å². The fourth-order valence-corrected chi connectivity index (χ4v) is 1.48. The van der Waals surface area contributed by atoms with Gasteiger partial charge in [-0.3, -0.25) is 4.57 Å². The van der Waals surface area contributed by atoms with E-state index in [0.29, 0.717) is 13.4 Å². The fourth-order valence-electron chi connectivity index (χ4n) is 1.48. The van der Waals surface area contributed by atoms with Crippen molar-refractivity contribution >= 4 is 11.2 Å². The average Bonchev–Trinajstić information content (AvgIpc) is 2.85. The van der Waals surface area contributed by atoms with Crippen LogP contribution in [-0.4, -0.2) is 32.9 Å². The van der Waals surface area contributed by atoms with Gasteiger partial charge in [0.15, 0.2) is 11.9 Å². The van der Waals surface area contributed by atoms with Gasteiger partial charge in [-0.1, -0.05) is 0 Å². The van der Waals surface area contributed by atoms with Crippen LogP contribution in [0.5, 0.6) is 0 Å². The van der Waals surface area contributed by atoms with E-state index in [2.05, 4.69) is 15.0 Å². The minimum Gasteiger partial charge on any atom is -0.351 e. The number of hydrogen-bond acceptors (Lipinski definition) is 5. The van der Waals surface area contributed by atoms with Crippen molar-refractivity contribution in [2.75, 3.05) is 13.4 Å². The Morgan fingerprint density at radius 2 is 2.43 bits per heavy atom. The Morgan fingerprint density at radius 3 is 3.29 bits per heavy atom. The third kappa shape index (κ3) is 1.08. The Kier molecular flexibility index (Phi) is 1.68. The summed E-state index contributed by atoms with van der Waals surface area (Å²) in [5, 5.41) is 0. The maximum absolute atomic E-state index is 5.35. The summed E-state index contributed by atoms with van der Waals surface area (Å²) < 4.78 is 12.3. The predicted octanol–water partition coefficient (Wildman–Crippen LogP) is 0.329. The Bertz CT molecular complexity index is 449. The molecular weight excluding hydrogens is 184 g/mol. The second-order valence-electron chi connectivity index (χ2n) is 2.99. The summed E-state index contributed by atoms with van der Waals surface area (Å²) in [5.74, 6) is 0. The van der Waals surface area contributed by atoms with Crippen LogP contribution in [0, 0.1) is 0 Å². The van der Waals surface area contributed by atoms with Crippen LogP contribution in [0.4, 0.5) is 0 Å². The van der Waals surface area contributed by atoms with Gasteiger partial charge in [-0.25, -0.2) is 15.0 Å². The van der Waals surface area contributed by atoms with Gasteiger partial charge in [0.1, 0.15) is 18.6 Å². The second-order valence-corrected chi connectivity index (χ2v) is 2.99. The second kappa shape index (κ2) is 3.00. The van der Waals surface area contributed by atoms with Crippen molar-refractivity contribution < 1.29 is 9.47 Å². The molecule has 3 rings (SSSR count). The molecule has 1 fully saturated rings. The van der Waals surface area contributed by atoms with Crippen LogP contribution in [0.15, 0.2) is 18.9 Å². The highest BCUT2D eigenvalue weighted by Crippen LogP contribution is 2.19. The first-order valence-corrected chi connectivity index (χ1v) is 4.27. The lowest BCUT2D eigenvalue weighted by atomic mass is 10.5. The maximum atomic E-state index is 5.35. The van der Waals surface area contributed by atoms with E-state index < -0.39 is 0 Å². The predicted molar refractivity (Wildman–Crippen MR) is 46.3 cm³/mol. The third-order valence-electron chi connectivity index (χ3n) is 2.15. The van der Waals surface area contributed by atoms with Crippen LogP contribution in [0.1, 0.15) is 6.23 Å². The van der Waals surface area contributed by atoms with Crippen molar-refractivity contribution in [3.05, 3.63) is 18.9 Å². The lowest BCUT2D eigenvalue weighted by molar-refractivity contribution is 0.0248. The minimum atomic E-state index is -0.116. The largest absolute Gasteiger partial charge is 0.351 e. The van der Waals surface area contributed by atoms with Gasteiger partial charge in [0, 0.05) is 0 Å². The zero-order valence-electron chi connectivity index (χ0n) is 7.33. The summed E-state index contributed by atoms with van der Waals surface area (Å²) >= 11 is 0. The van der Waals surface area contributed by atoms with Crippen LogP contribution in [0.2, 0.25) is 0 Å². The van der Waals surface area contributed by atoms with Crippen LogP contribution < -0.4 is 0 Å². The summed E-state index contributed by atoms with van der Waals surface area (Å²) in [6.07, 6.45) is 4.75. The van der Waals surface area contributed by atoms with Gasteiger partial charge in [-0.2, -0.15) is 0 Å². The zero-order valence-corrected chi connectivity index (χ0v) is 7.33. The summed E-state index contributed by atoms with van der Waals surface area (Å²) in [5.41, 5.74) is 1.54. The fraction of sp³-hybridized carbons (Fsp3) is 0.375. The topological polar surface area (TPSA) is 62.1 Å². The van der Waals surface area contributed by atoms with Crippen LogP contribution >= 0.6 is 0 Å². The van der Waals surface area contributed by atoms with E-state index in [1.54, 1.807) is 12.5 Å². The Morgan fingerprint density at radius 1 is 1.43 bits per heavy atom. The number of rotatable bonds is 1. The molecule has 0 spiro atoms. The summed E-state index contributed by atoms with van der Waals surface area (Å²) in [6, 6.07) is 0. The number of nitrogens with zero attached hydrogens (tertiary/aromatic N) is 4. The van der Waals surface area contributed by atoms with E-state index in [1.807, 2.05) is 4.57 Å². The summed E-state index contributed by atoms with van der Waals surface area (Å²) in [4.78, 5) is 12.2. The molecule has 0 amide bonds. The zero-order chi connectivity index (χ0) is 9.38. The van der Waals surface area contributed by atoms with Gasteiger partial charge in [0.05, 0.1) is 19.1 Å². The first kappa shape index (κ1) is 7.84. The molecule has 6 heteroatoms. The molecule has 1 unspecified atom stereocenters. The molecule has 0 bridgehead atoms. The average molecular weight is 192 g/mol. The molecule has 14 heavy (non-hydrogen) atoms. The monoisotopic (exact) mass is 192 g/mol. The highest BCUT2D eigenvalue weighted by Gasteiger charge is 2.20. The lowest BCUT2D eigenvalue weighted by Gasteiger charge is -2.08. The molecule has 1 aliphatic rings. The Hall–Kier alpha value is -1.53. The molecule has 2 aromatic rings. The van der Waals surface area contributed by atoms with E-state index in [4.69, 9.17) is 9.47 Å². The third-order valence-corrected chi connectivity index (χ3v) is 2.15. The maximum Gasteiger partial charge on any atom is 0.165 e. The molecule has 1 aliphatic heterocycles. The Balaban J connectivity index is 2.11. The van der Waals surface area contributed by atoms with E-state index >= 15 is 0 Å². The molecule has 1 saturated heterocycles. The highest BCUT2D eigenvalue weighted by atomic mass is 16.7. The van der Waals surface area contributed by atoms with E-state index in [-0.39, 0.29) is 6.23 Å². The van der Waals surface area contributed by atoms with Gasteiger partial charge >= 0.3 is 0 Å². The van der Waals surface area contributed by atoms with Gasteiger partial charge in [-0.15, -0.1) is 0 Å². The molecule has 72 valence electrons. The molecule has 0 saturated carbocycles. The molecule has 0 N–H and O–H groups in total. The van der Waals surface area contributed by atoms with Gasteiger partial charge in [0.2, 0.25) is 0 Å². The van der Waals surface area contributed by atoms with Crippen molar-refractivity contribution in [1.29, 1.82) is 0 Å². The van der Waals surface area contributed by atoms with Crippen molar-refractivity contribution in [2.24, 2.45) is 0 Å². The highest BCUT2D eigenvalue weighted by molar-refractivity contribution is 5.68. The standard InChI is InChI=1S/C8H8N4O2/c1-6-8(10-3-9-1)12(4-11-6)7-2-13-5-14-7/h1,3-4,7H,2,5H2. The number of hydrogen-bond donors (Lipinski definition) is 0. The van der Waals surface area contributed by atoms with Crippen LogP contribution in [0.3, 0.4) is 0 Å². The number of imidazole rings is 1. The summed E-state index contributed by atoms with van der Waals surface area (Å²) in [7, 11) is 0. The molecule has 3 heterocycles. The van der Waals surface area contributed by atoms with Crippen molar-refractivity contribution in [3.8, 4) is 0 Å². The van der Waals surface area contributed by atoms with E-state index in [1.165, 1.54) is 6.33 Å². The first-order valence-electron chi connectivity index (χ1n) is 4.27. The number of aromatic nitrogens is 4. The van der Waals surface area contributed by atoms with Crippen molar-refractivity contribution in [3.63, 3.8) is 0 Å². The molecule has 2 aromatic heterocycles. The molecule has 1 atom stereocenters. The molecule has 0 aliphatic carbocycles. The van der Waals surface area contributed by atoms with Crippen molar-refractivity contribution in [1.82, 2.24) is 19.5 Å². The minimum absolute atomic E-state index is 0.116. The molecule has 0 radical (unpaired) electrons. The van der Waals surface area contributed by atoms with Crippen LogP contribution in [-0.2, 0) is 9.47 Å². The number of fused-ring (bicyclic) bond motifs is 1. The molecule has 0 aromatic carbocycles. The quantitative estimate of drug-likeness (QED) is 0.651. The molecule has 6 nitrogen and oxygen atoms in total. The smallest absolute Gasteiger partial charge is 0.165 e. The van der Waals surface area contributed by atoms with E-state index in [0.717, 1.165) is 11.2 Å². The number of ether oxygens (including phenoxy) is 2. The van der Waals surface area contributed by atoms with Crippen molar-refractivity contribution in [2.45, 2.75) is 6.23 Å². The van der Waals surface area contributed by atoms with E-state index in [9.17, 15) is 0 Å². The van der Waals surface area contributed by atoms with Gasteiger partial charge in [-0.05, 0) is 0 Å². The molecular formula is C8H8N4O2. The van der Waals surface area contributed by atoms with Gasteiger partial charge in [0.25, 0.3) is 0 Å². The first-order chi connectivity index (χ1) is 6.95. The lowest BCUT2D eigenvalue weighted by Crippen LogP contribution is -2.09. The summed E-state index contributed by atoms with van der Waals surface area (Å²) in [6.45, 7) is 0.866. The SMILES string of the molecule is c1ncc2ncn(C3COCO3)c2n1.